The van der Waals surface area contributed by atoms with Gasteiger partial charge in [-0.05, 0) is 0 Å². The molecule has 2 nitrogen and oxygen atoms in total. The smallest absolute Gasteiger partial charge is 0.0874 e. The van der Waals surface area contributed by atoms with Crippen LogP contribution in [-0.2, 0) is 0 Å². The van der Waals surface area contributed by atoms with Gasteiger partial charge in [0.25, 0.3) is 0 Å². The van der Waals surface area contributed by atoms with Crippen LogP contribution in [0.1, 0.15) is 12.8 Å². The molecular formula is C4H9NO. The molecule has 1 atom stereocenters. The Hall–Kier alpha value is -0.0800. The van der Waals surface area contributed by atoms with Crippen LogP contribution in [0, 0.1) is 5.21 Å². The minimum atomic E-state index is 0.370. The minimum absolute atomic E-state index is 0.370. The summed E-state index contributed by atoms with van der Waals surface area (Å²) in [5.74, 6) is 0. The Kier molecular flexibility index (Phi) is 0.821. The molecule has 36 valence electrons. The quantitative estimate of drug-likeness (QED) is 0.415. The lowest BCUT2D eigenvalue weighted by Gasteiger charge is -2.13. The molecule has 1 rings (SSSR count). The maximum atomic E-state index is 10.2. The van der Waals surface area contributed by atoms with Gasteiger partial charge in [-0.3, -0.25) is 0 Å². The van der Waals surface area contributed by atoms with Crippen molar-refractivity contribution in [2.75, 3.05) is 7.05 Å². The van der Waals surface area contributed by atoms with Crippen LogP contribution in [-0.4, -0.2) is 13.1 Å². The lowest BCUT2D eigenvalue weighted by atomic mass is 10.7. The van der Waals surface area contributed by atoms with Gasteiger partial charge in [-0.1, -0.05) is 0 Å². The molecule has 1 unspecified atom stereocenters. The fourth-order valence-electron chi connectivity index (χ4n) is 0.490. The molecule has 0 bridgehead atoms. The van der Waals surface area contributed by atoms with Crippen molar-refractivity contribution in [3.63, 3.8) is 0 Å². The summed E-state index contributed by atoms with van der Waals surface area (Å²) in [4.78, 5) is 0. The number of quaternary nitrogens is 1. The SMILES string of the molecule is C[NH+]([O-])C1CC1. The molecule has 0 heterocycles. The van der Waals surface area contributed by atoms with Crippen LogP contribution in [0.25, 0.3) is 0 Å². The zero-order chi connectivity index (χ0) is 4.57. The second kappa shape index (κ2) is 1.21. The van der Waals surface area contributed by atoms with Crippen LogP contribution in [0.4, 0.5) is 0 Å². The highest BCUT2D eigenvalue weighted by atomic mass is 16.5. The van der Waals surface area contributed by atoms with Gasteiger partial charge >= 0.3 is 0 Å². The molecule has 0 aromatic heterocycles. The average Bonchev–Trinajstić information content (AvgIpc) is 2.06. The third kappa shape index (κ3) is 0.698. The molecule has 0 spiro atoms. The van der Waals surface area contributed by atoms with E-state index in [-0.39, 0.29) is 0 Å². The molecule has 0 amide bonds. The maximum absolute atomic E-state index is 10.2. The molecule has 6 heavy (non-hydrogen) atoms. The number of hydrogen-bond donors (Lipinski definition) is 1. The van der Waals surface area contributed by atoms with E-state index in [1.807, 2.05) is 0 Å². The van der Waals surface area contributed by atoms with Crippen molar-refractivity contribution in [3.05, 3.63) is 5.21 Å². The third-order valence-corrected chi connectivity index (χ3v) is 1.15. The maximum Gasteiger partial charge on any atom is 0.0874 e. The van der Waals surface area contributed by atoms with E-state index in [1.54, 1.807) is 7.05 Å². The van der Waals surface area contributed by atoms with Gasteiger partial charge in [0, 0.05) is 12.8 Å². The van der Waals surface area contributed by atoms with Crippen molar-refractivity contribution in [2.45, 2.75) is 18.9 Å². The fraction of sp³-hybridized carbons (Fsp3) is 1.00. The van der Waals surface area contributed by atoms with Crippen molar-refractivity contribution in [1.82, 2.24) is 0 Å². The van der Waals surface area contributed by atoms with Gasteiger partial charge in [0.1, 0.15) is 0 Å². The predicted octanol–water partition coefficient (Wildman–Crippen LogP) is -0.839. The van der Waals surface area contributed by atoms with Crippen molar-refractivity contribution >= 4 is 0 Å². The first-order chi connectivity index (χ1) is 2.80. The highest BCUT2D eigenvalue weighted by molar-refractivity contribution is 4.70. The molecule has 0 aliphatic heterocycles. The first-order valence-corrected chi connectivity index (χ1v) is 2.31. The van der Waals surface area contributed by atoms with Crippen LogP contribution >= 0.6 is 0 Å². The zero-order valence-electron chi connectivity index (χ0n) is 3.90. The molecule has 0 aromatic rings. The Morgan fingerprint density at radius 1 is 1.67 bits per heavy atom. The van der Waals surface area contributed by atoms with E-state index in [4.69, 9.17) is 0 Å². The second-order valence-corrected chi connectivity index (χ2v) is 1.88. The summed E-state index contributed by atoms with van der Waals surface area (Å²) in [6, 6.07) is 0.463. The molecule has 0 aromatic carbocycles. The lowest BCUT2D eigenvalue weighted by molar-refractivity contribution is -0.838. The monoisotopic (exact) mass is 87.1 g/mol. The minimum Gasteiger partial charge on any atom is -0.634 e. The highest BCUT2D eigenvalue weighted by Gasteiger charge is 2.25. The number of hydrogen-bond acceptors (Lipinski definition) is 1. The van der Waals surface area contributed by atoms with Crippen LogP contribution in [0.15, 0.2) is 0 Å². The number of rotatable bonds is 1. The first kappa shape index (κ1) is 4.09. The molecule has 0 radical (unpaired) electrons. The van der Waals surface area contributed by atoms with Gasteiger partial charge in [-0.2, -0.15) is 0 Å². The summed E-state index contributed by atoms with van der Waals surface area (Å²) in [5, 5.41) is 10.6. The summed E-state index contributed by atoms with van der Waals surface area (Å²) >= 11 is 0. The summed E-state index contributed by atoms with van der Waals surface area (Å²) in [7, 11) is 1.66. The van der Waals surface area contributed by atoms with Crippen molar-refractivity contribution < 1.29 is 5.06 Å². The fourth-order valence-corrected chi connectivity index (χ4v) is 0.490. The van der Waals surface area contributed by atoms with Gasteiger partial charge in [0.15, 0.2) is 0 Å². The van der Waals surface area contributed by atoms with Crippen molar-refractivity contribution in [3.8, 4) is 0 Å². The molecule has 2 heteroatoms. The Bertz CT molecular complexity index is 49.5. The van der Waals surface area contributed by atoms with E-state index in [9.17, 15) is 5.21 Å². The standard InChI is InChI=1S/C4H9NO/c1-5(6)4-2-3-4/h4-5H,2-3H2,1H3. The van der Waals surface area contributed by atoms with Gasteiger partial charge in [-0.15, -0.1) is 0 Å². The molecule has 1 N–H and O–H groups in total. The largest absolute Gasteiger partial charge is 0.634 e. The summed E-state index contributed by atoms with van der Waals surface area (Å²) in [6.45, 7) is 0. The van der Waals surface area contributed by atoms with E-state index in [0.717, 1.165) is 12.8 Å². The predicted molar refractivity (Wildman–Crippen MR) is 23.3 cm³/mol. The van der Waals surface area contributed by atoms with E-state index < -0.39 is 0 Å². The first-order valence-electron chi connectivity index (χ1n) is 2.31. The highest BCUT2D eigenvalue weighted by Crippen LogP contribution is 2.13. The van der Waals surface area contributed by atoms with E-state index >= 15 is 0 Å². The number of nitrogens with one attached hydrogen (secondary N) is 1. The van der Waals surface area contributed by atoms with Gasteiger partial charge in [0.2, 0.25) is 0 Å². The second-order valence-electron chi connectivity index (χ2n) is 1.88. The Balaban J connectivity index is 2.13. The van der Waals surface area contributed by atoms with Crippen molar-refractivity contribution in [2.24, 2.45) is 0 Å². The Morgan fingerprint density at radius 2 is 2.17 bits per heavy atom. The van der Waals surface area contributed by atoms with Gasteiger partial charge in [0.05, 0.1) is 13.1 Å². The van der Waals surface area contributed by atoms with Crippen LogP contribution < -0.4 is 5.06 Å². The normalized spacial score (nSPS) is 27.0. The number of hydroxylamine groups is 2. The molecule has 1 aliphatic rings. The van der Waals surface area contributed by atoms with E-state index in [1.165, 1.54) is 0 Å². The van der Waals surface area contributed by atoms with Crippen LogP contribution in [0.2, 0.25) is 0 Å². The zero-order valence-corrected chi connectivity index (χ0v) is 3.90. The molecule has 1 aliphatic carbocycles. The summed E-state index contributed by atoms with van der Waals surface area (Å²) in [6.07, 6.45) is 2.30. The topological polar surface area (TPSA) is 27.5 Å². The van der Waals surface area contributed by atoms with Crippen LogP contribution in [0.3, 0.4) is 0 Å². The lowest BCUT2D eigenvalue weighted by Crippen LogP contribution is -3.05. The third-order valence-electron chi connectivity index (χ3n) is 1.15. The van der Waals surface area contributed by atoms with E-state index in [2.05, 4.69) is 0 Å². The van der Waals surface area contributed by atoms with E-state index in [0.29, 0.717) is 11.1 Å². The Labute approximate surface area is 37.3 Å². The van der Waals surface area contributed by atoms with Gasteiger partial charge < -0.3 is 10.3 Å². The summed E-state index contributed by atoms with van der Waals surface area (Å²) in [5.41, 5.74) is 0. The van der Waals surface area contributed by atoms with Crippen LogP contribution in [0.5, 0.6) is 0 Å². The molecule has 0 saturated heterocycles. The average molecular weight is 87.1 g/mol. The molecule has 1 fully saturated rings. The summed E-state index contributed by atoms with van der Waals surface area (Å²) < 4.78 is 0. The molecule has 1 saturated carbocycles. The van der Waals surface area contributed by atoms with Gasteiger partial charge in [-0.25, -0.2) is 0 Å². The Morgan fingerprint density at radius 3 is 2.17 bits per heavy atom. The molecular weight excluding hydrogens is 78.0 g/mol. The van der Waals surface area contributed by atoms with Crippen molar-refractivity contribution in [1.29, 1.82) is 0 Å².